The lowest BCUT2D eigenvalue weighted by Crippen LogP contribution is -2.46. The summed E-state index contributed by atoms with van der Waals surface area (Å²) in [4.78, 5) is 2.44. The molecule has 8 heteroatoms. The third-order valence-corrected chi connectivity index (χ3v) is 9.14. The summed E-state index contributed by atoms with van der Waals surface area (Å²) < 4.78 is 40.8. The van der Waals surface area contributed by atoms with Gasteiger partial charge >= 0.3 is 0 Å². The van der Waals surface area contributed by atoms with Crippen molar-refractivity contribution in [2.24, 2.45) is 5.92 Å². The SMILES string of the molecule is COCCOc1cc2c(cc1Br)S(=O)(=O)N(C)C(C1CCCCC1)CN2c1ccccc1. The predicted octanol–water partition coefficient (Wildman–Crippen LogP) is 5.20. The van der Waals surface area contributed by atoms with E-state index in [1.807, 2.05) is 36.4 Å². The van der Waals surface area contributed by atoms with Gasteiger partial charge < -0.3 is 14.4 Å². The highest BCUT2D eigenvalue weighted by Gasteiger charge is 2.41. The molecule has 2 aromatic rings. The molecule has 2 aliphatic rings. The van der Waals surface area contributed by atoms with E-state index >= 15 is 0 Å². The second-order valence-corrected chi connectivity index (χ2v) is 11.3. The van der Waals surface area contributed by atoms with Crippen LogP contribution < -0.4 is 9.64 Å². The Balaban J connectivity index is 1.84. The summed E-state index contributed by atoms with van der Waals surface area (Å²) in [6.07, 6.45) is 5.70. The van der Waals surface area contributed by atoms with Crippen molar-refractivity contribution in [3.63, 3.8) is 0 Å². The van der Waals surface area contributed by atoms with E-state index in [9.17, 15) is 8.42 Å². The fourth-order valence-corrected chi connectivity index (χ4v) is 7.05. The Kier molecular flexibility index (Phi) is 7.44. The summed E-state index contributed by atoms with van der Waals surface area (Å²) >= 11 is 3.53. The summed E-state index contributed by atoms with van der Waals surface area (Å²) in [5.74, 6) is 0.959. The number of sulfonamides is 1. The molecular weight excluding hydrogens is 492 g/mol. The fourth-order valence-electron chi connectivity index (χ4n) is 4.84. The Morgan fingerprint density at radius 1 is 1.06 bits per heavy atom. The third kappa shape index (κ3) is 4.69. The lowest BCUT2D eigenvalue weighted by Gasteiger charge is -2.36. The van der Waals surface area contributed by atoms with Gasteiger partial charge in [-0.1, -0.05) is 37.5 Å². The van der Waals surface area contributed by atoms with E-state index in [1.165, 1.54) is 6.42 Å². The van der Waals surface area contributed by atoms with Gasteiger partial charge in [0.05, 0.1) is 16.8 Å². The van der Waals surface area contributed by atoms with Crippen molar-refractivity contribution in [1.29, 1.82) is 0 Å². The molecule has 1 heterocycles. The first-order chi connectivity index (χ1) is 15.4. The summed E-state index contributed by atoms with van der Waals surface area (Å²) in [7, 11) is -0.314. The van der Waals surface area contributed by atoms with Gasteiger partial charge in [0.1, 0.15) is 17.3 Å². The number of nitrogens with zero attached hydrogens (tertiary/aromatic N) is 2. The molecule has 2 aromatic carbocycles. The van der Waals surface area contributed by atoms with Crippen LogP contribution in [0, 0.1) is 5.92 Å². The summed E-state index contributed by atoms with van der Waals surface area (Å²) in [5.41, 5.74) is 1.63. The van der Waals surface area contributed by atoms with E-state index in [-0.39, 0.29) is 6.04 Å². The maximum absolute atomic E-state index is 13.8. The monoisotopic (exact) mass is 522 g/mol. The van der Waals surface area contributed by atoms with E-state index in [1.54, 1.807) is 24.5 Å². The molecule has 1 atom stereocenters. The van der Waals surface area contributed by atoms with Crippen molar-refractivity contribution in [2.75, 3.05) is 38.8 Å². The fraction of sp³-hybridized carbons (Fsp3) is 0.500. The molecule has 0 spiro atoms. The van der Waals surface area contributed by atoms with E-state index in [2.05, 4.69) is 20.8 Å². The van der Waals surface area contributed by atoms with Crippen molar-refractivity contribution < 1.29 is 17.9 Å². The van der Waals surface area contributed by atoms with Gasteiger partial charge in [-0.05, 0) is 52.9 Å². The van der Waals surface area contributed by atoms with Gasteiger partial charge in [-0.15, -0.1) is 0 Å². The molecule has 1 aliphatic heterocycles. The molecule has 0 amide bonds. The highest BCUT2D eigenvalue weighted by atomic mass is 79.9. The molecule has 0 saturated heterocycles. The molecule has 174 valence electrons. The zero-order valence-electron chi connectivity index (χ0n) is 18.7. The zero-order valence-corrected chi connectivity index (χ0v) is 21.1. The van der Waals surface area contributed by atoms with Gasteiger partial charge in [0.25, 0.3) is 0 Å². The van der Waals surface area contributed by atoms with Crippen molar-refractivity contribution >= 4 is 37.3 Å². The first-order valence-electron chi connectivity index (χ1n) is 11.2. The molecule has 0 radical (unpaired) electrons. The summed E-state index contributed by atoms with van der Waals surface area (Å²) in [6, 6.07) is 13.5. The highest BCUT2D eigenvalue weighted by molar-refractivity contribution is 9.10. The van der Waals surface area contributed by atoms with E-state index < -0.39 is 10.0 Å². The van der Waals surface area contributed by atoms with Crippen LogP contribution in [-0.2, 0) is 14.8 Å². The highest BCUT2D eigenvalue weighted by Crippen LogP contribution is 2.44. The number of ether oxygens (including phenoxy) is 2. The molecule has 6 nitrogen and oxygen atoms in total. The standard InChI is InChI=1S/C24H31BrN2O4S/c1-26-22(18-9-5-3-6-10-18)17-27(19-11-7-4-8-12-19)21-16-23(31-14-13-30-2)20(25)15-24(21)32(26,28)29/h4,7-8,11-12,15-16,18,22H,3,5-6,9-10,13-14,17H2,1-2H3. The summed E-state index contributed by atoms with van der Waals surface area (Å²) in [6.45, 7) is 1.45. The first-order valence-corrected chi connectivity index (χ1v) is 13.4. The minimum absolute atomic E-state index is 0.0930. The molecule has 4 rings (SSSR count). The van der Waals surface area contributed by atoms with E-state index in [0.29, 0.717) is 46.5 Å². The van der Waals surface area contributed by atoms with Crippen LogP contribution in [0.15, 0.2) is 51.8 Å². The zero-order chi connectivity index (χ0) is 22.7. The topological polar surface area (TPSA) is 59.1 Å². The molecule has 32 heavy (non-hydrogen) atoms. The van der Waals surface area contributed by atoms with Gasteiger partial charge in [-0.3, -0.25) is 0 Å². The molecule has 0 bridgehead atoms. The van der Waals surface area contributed by atoms with Crippen LogP contribution in [0.2, 0.25) is 0 Å². The van der Waals surface area contributed by atoms with Crippen LogP contribution in [0.25, 0.3) is 0 Å². The largest absolute Gasteiger partial charge is 0.490 e. The van der Waals surface area contributed by atoms with Crippen LogP contribution in [0.4, 0.5) is 11.4 Å². The quantitative estimate of drug-likeness (QED) is 0.488. The second-order valence-electron chi connectivity index (χ2n) is 8.52. The van der Waals surface area contributed by atoms with Gasteiger partial charge in [0.2, 0.25) is 10.0 Å². The minimum atomic E-state index is -3.68. The summed E-state index contributed by atoms with van der Waals surface area (Å²) in [5, 5.41) is 0. The smallest absolute Gasteiger partial charge is 0.245 e. The number of anilines is 2. The number of benzene rings is 2. The predicted molar refractivity (Wildman–Crippen MR) is 130 cm³/mol. The van der Waals surface area contributed by atoms with Crippen LogP contribution in [0.1, 0.15) is 32.1 Å². The van der Waals surface area contributed by atoms with Crippen LogP contribution >= 0.6 is 15.9 Å². The third-order valence-electron chi connectivity index (χ3n) is 6.60. The normalized spacial score (nSPS) is 21.7. The van der Waals surface area contributed by atoms with Crippen LogP contribution in [-0.4, -0.2) is 52.7 Å². The minimum Gasteiger partial charge on any atom is -0.490 e. The molecule has 1 saturated carbocycles. The van der Waals surface area contributed by atoms with E-state index in [4.69, 9.17) is 9.47 Å². The van der Waals surface area contributed by atoms with Crippen molar-refractivity contribution in [3.05, 3.63) is 46.9 Å². The number of hydrogen-bond donors (Lipinski definition) is 0. The Morgan fingerprint density at radius 2 is 1.78 bits per heavy atom. The Labute approximate surface area is 199 Å². The van der Waals surface area contributed by atoms with Gasteiger partial charge in [0.15, 0.2) is 0 Å². The molecular formula is C24H31BrN2O4S. The van der Waals surface area contributed by atoms with E-state index in [0.717, 1.165) is 31.4 Å². The molecule has 1 fully saturated rings. The molecule has 1 unspecified atom stereocenters. The van der Waals surface area contributed by atoms with Crippen molar-refractivity contribution in [2.45, 2.75) is 43.0 Å². The van der Waals surface area contributed by atoms with Gasteiger partial charge in [-0.2, -0.15) is 4.31 Å². The van der Waals surface area contributed by atoms with Crippen molar-refractivity contribution in [3.8, 4) is 5.75 Å². The maximum atomic E-state index is 13.8. The lowest BCUT2D eigenvalue weighted by molar-refractivity contribution is 0.146. The number of likely N-dealkylation sites (N-methyl/N-ethyl adjacent to an activating group) is 1. The molecule has 1 aliphatic carbocycles. The van der Waals surface area contributed by atoms with Crippen molar-refractivity contribution in [1.82, 2.24) is 4.31 Å². The molecule has 0 aromatic heterocycles. The average molecular weight is 523 g/mol. The van der Waals surface area contributed by atoms with Gasteiger partial charge in [0, 0.05) is 38.5 Å². The Hall–Kier alpha value is -1.61. The number of halogens is 1. The maximum Gasteiger partial charge on any atom is 0.245 e. The Morgan fingerprint density at radius 3 is 2.47 bits per heavy atom. The van der Waals surface area contributed by atoms with Crippen LogP contribution in [0.5, 0.6) is 5.75 Å². The first kappa shape index (κ1) is 23.5. The number of fused-ring (bicyclic) bond motifs is 1. The Bertz CT molecular complexity index is 1030. The molecule has 0 N–H and O–H groups in total. The average Bonchev–Trinajstić information content (AvgIpc) is 2.89. The van der Waals surface area contributed by atoms with Crippen LogP contribution in [0.3, 0.4) is 0 Å². The lowest BCUT2D eigenvalue weighted by atomic mass is 9.83. The number of rotatable bonds is 6. The number of methoxy groups -OCH3 is 1. The number of hydrogen-bond acceptors (Lipinski definition) is 5. The second kappa shape index (κ2) is 10.1. The van der Waals surface area contributed by atoms with Gasteiger partial charge in [-0.25, -0.2) is 8.42 Å². The number of para-hydroxylation sites is 1.